The molecule has 2 rings (SSSR count). The number of pyridine rings is 1. The van der Waals surface area contributed by atoms with Crippen molar-refractivity contribution >= 4 is 27.5 Å². The van der Waals surface area contributed by atoms with E-state index in [-0.39, 0.29) is 17.5 Å². The Morgan fingerprint density at radius 2 is 2.41 bits per heavy atom. The van der Waals surface area contributed by atoms with Crippen molar-refractivity contribution in [1.29, 1.82) is 0 Å². The first kappa shape index (κ1) is 12.5. The lowest BCUT2D eigenvalue weighted by Gasteiger charge is -2.32. The fourth-order valence-electron chi connectivity index (χ4n) is 2.14. The smallest absolute Gasteiger partial charge is 0.166 e. The summed E-state index contributed by atoms with van der Waals surface area (Å²) in [5, 5.41) is 0. The van der Waals surface area contributed by atoms with E-state index in [1.54, 1.807) is 13.1 Å². The molecule has 0 amide bonds. The molecule has 92 valence electrons. The number of aromatic nitrogens is 1. The number of carbonyl (C=O) groups excluding carboxylic acids is 1. The second kappa shape index (κ2) is 5.12. The van der Waals surface area contributed by atoms with Crippen molar-refractivity contribution in [2.45, 2.75) is 19.8 Å². The molecule has 2 heterocycles. The highest BCUT2D eigenvalue weighted by Crippen LogP contribution is 2.25. The Hall–Kier alpha value is -0.970. The molecule has 1 atom stereocenters. The lowest BCUT2D eigenvalue weighted by atomic mass is 9.94. The first-order valence-electron chi connectivity index (χ1n) is 5.64. The number of ketones is 1. The number of Topliss-reactive ketones (excluding diaryl/α,β-unsaturated/α-hetero) is 1. The van der Waals surface area contributed by atoms with E-state index in [4.69, 9.17) is 0 Å². The zero-order chi connectivity index (χ0) is 12.4. The third kappa shape index (κ3) is 2.83. The molecule has 1 aliphatic rings. The minimum Gasteiger partial charge on any atom is -0.353 e. The minimum absolute atomic E-state index is 0.00796. The molecule has 5 heteroatoms. The van der Waals surface area contributed by atoms with Crippen LogP contribution in [0.15, 0.2) is 16.7 Å². The summed E-state index contributed by atoms with van der Waals surface area (Å²) in [5.41, 5.74) is 0. The van der Waals surface area contributed by atoms with Gasteiger partial charge < -0.3 is 4.90 Å². The largest absolute Gasteiger partial charge is 0.353 e. The van der Waals surface area contributed by atoms with Gasteiger partial charge in [0.2, 0.25) is 0 Å². The molecule has 1 aromatic heterocycles. The average molecular weight is 301 g/mol. The van der Waals surface area contributed by atoms with Gasteiger partial charge in [-0.2, -0.15) is 0 Å². The van der Waals surface area contributed by atoms with E-state index >= 15 is 0 Å². The van der Waals surface area contributed by atoms with Gasteiger partial charge in [0.25, 0.3) is 0 Å². The molecular weight excluding hydrogens is 287 g/mol. The van der Waals surface area contributed by atoms with Gasteiger partial charge in [-0.1, -0.05) is 0 Å². The zero-order valence-corrected chi connectivity index (χ0v) is 11.2. The van der Waals surface area contributed by atoms with Crippen LogP contribution in [0.5, 0.6) is 0 Å². The molecule has 3 nitrogen and oxygen atoms in total. The molecule has 1 fully saturated rings. The molecule has 0 aliphatic carbocycles. The van der Waals surface area contributed by atoms with Gasteiger partial charge in [-0.25, -0.2) is 9.37 Å². The number of hydrogen-bond donors (Lipinski definition) is 0. The van der Waals surface area contributed by atoms with Crippen molar-refractivity contribution in [1.82, 2.24) is 4.98 Å². The zero-order valence-electron chi connectivity index (χ0n) is 9.62. The SMILES string of the molecule is CC(=O)C1CCCN(c2ncc(Br)cc2F)C1. The van der Waals surface area contributed by atoms with Crippen LogP contribution in [0.2, 0.25) is 0 Å². The molecule has 0 bridgehead atoms. The Morgan fingerprint density at radius 1 is 1.65 bits per heavy atom. The molecule has 0 saturated carbocycles. The molecule has 1 saturated heterocycles. The highest BCUT2D eigenvalue weighted by molar-refractivity contribution is 9.10. The monoisotopic (exact) mass is 300 g/mol. The van der Waals surface area contributed by atoms with Crippen molar-refractivity contribution < 1.29 is 9.18 Å². The molecule has 0 aromatic carbocycles. The third-order valence-corrected chi connectivity index (χ3v) is 3.52. The summed E-state index contributed by atoms with van der Waals surface area (Å²) >= 11 is 3.18. The Kier molecular flexibility index (Phi) is 3.76. The Labute approximate surface area is 108 Å². The number of hydrogen-bond acceptors (Lipinski definition) is 3. The van der Waals surface area contributed by atoms with E-state index in [0.29, 0.717) is 16.8 Å². The van der Waals surface area contributed by atoms with Crippen molar-refractivity contribution in [2.24, 2.45) is 5.92 Å². The number of piperidine rings is 1. The molecule has 1 aromatic rings. The first-order valence-corrected chi connectivity index (χ1v) is 6.43. The quantitative estimate of drug-likeness (QED) is 0.842. The number of carbonyl (C=O) groups is 1. The summed E-state index contributed by atoms with van der Waals surface area (Å²) in [7, 11) is 0. The lowest BCUT2D eigenvalue weighted by Crippen LogP contribution is -2.39. The first-order chi connectivity index (χ1) is 8.08. The minimum atomic E-state index is -0.344. The lowest BCUT2D eigenvalue weighted by molar-refractivity contribution is -0.120. The van der Waals surface area contributed by atoms with E-state index in [1.165, 1.54) is 6.07 Å². The van der Waals surface area contributed by atoms with Crippen LogP contribution in [0.1, 0.15) is 19.8 Å². The summed E-state index contributed by atoms with van der Waals surface area (Å²) in [5.74, 6) is 0.184. The highest BCUT2D eigenvalue weighted by Gasteiger charge is 2.25. The van der Waals surface area contributed by atoms with Crippen molar-refractivity contribution in [3.05, 3.63) is 22.6 Å². The number of anilines is 1. The molecule has 1 unspecified atom stereocenters. The number of halogens is 2. The normalized spacial score (nSPS) is 20.4. The molecule has 0 spiro atoms. The van der Waals surface area contributed by atoms with Gasteiger partial charge in [0.15, 0.2) is 11.6 Å². The van der Waals surface area contributed by atoms with Crippen LogP contribution in [-0.4, -0.2) is 23.9 Å². The number of rotatable bonds is 2. The Bertz CT molecular complexity index is 439. The van der Waals surface area contributed by atoms with E-state index in [0.717, 1.165) is 19.4 Å². The van der Waals surface area contributed by atoms with Crippen molar-refractivity contribution in [3.8, 4) is 0 Å². The van der Waals surface area contributed by atoms with Gasteiger partial charge >= 0.3 is 0 Å². The maximum atomic E-state index is 13.7. The van der Waals surface area contributed by atoms with Crippen molar-refractivity contribution in [3.63, 3.8) is 0 Å². The second-order valence-corrected chi connectivity index (χ2v) is 5.27. The van der Waals surface area contributed by atoms with Gasteiger partial charge in [0, 0.05) is 29.7 Å². The third-order valence-electron chi connectivity index (χ3n) is 3.08. The summed E-state index contributed by atoms with van der Waals surface area (Å²) in [4.78, 5) is 17.3. The summed E-state index contributed by atoms with van der Waals surface area (Å²) in [6, 6.07) is 1.40. The molecular formula is C12H14BrFN2O. The van der Waals surface area contributed by atoms with Crippen LogP contribution in [-0.2, 0) is 4.79 Å². The molecule has 1 aliphatic heterocycles. The summed E-state index contributed by atoms with van der Waals surface area (Å²) in [6.07, 6.45) is 3.38. The van der Waals surface area contributed by atoms with Crippen LogP contribution >= 0.6 is 15.9 Å². The van der Waals surface area contributed by atoms with Crippen LogP contribution in [0.25, 0.3) is 0 Å². The van der Waals surface area contributed by atoms with Gasteiger partial charge in [0.1, 0.15) is 5.78 Å². The number of nitrogens with zero attached hydrogens (tertiary/aromatic N) is 2. The fraction of sp³-hybridized carbons (Fsp3) is 0.500. The van der Waals surface area contributed by atoms with E-state index in [1.807, 2.05) is 4.90 Å². The van der Waals surface area contributed by atoms with Crippen LogP contribution in [0.4, 0.5) is 10.2 Å². The Balaban J connectivity index is 2.19. The second-order valence-electron chi connectivity index (χ2n) is 4.35. The van der Waals surface area contributed by atoms with Crippen LogP contribution < -0.4 is 4.90 Å². The van der Waals surface area contributed by atoms with E-state index < -0.39 is 0 Å². The van der Waals surface area contributed by atoms with Crippen LogP contribution in [0, 0.1) is 11.7 Å². The van der Waals surface area contributed by atoms with Gasteiger partial charge in [-0.05, 0) is 41.8 Å². The van der Waals surface area contributed by atoms with E-state index in [2.05, 4.69) is 20.9 Å². The van der Waals surface area contributed by atoms with Crippen molar-refractivity contribution in [2.75, 3.05) is 18.0 Å². The molecule has 0 radical (unpaired) electrons. The predicted octanol–water partition coefficient (Wildman–Crippen LogP) is 2.79. The van der Waals surface area contributed by atoms with Gasteiger partial charge in [-0.3, -0.25) is 4.79 Å². The maximum absolute atomic E-state index is 13.7. The van der Waals surface area contributed by atoms with E-state index in [9.17, 15) is 9.18 Å². The summed E-state index contributed by atoms with van der Waals surface area (Å²) in [6.45, 7) is 2.93. The standard InChI is InChI=1S/C12H14BrFN2O/c1-8(17)9-3-2-4-16(7-9)12-11(14)5-10(13)6-15-12/h5-6,9H,2-4,7H2,1H3. The summed E-state index contributed by atoms with van der Waals surface area (Å²) < 4.78 is 14.4. The van der Waals surface area contributed by atoms with Crippen LogP contribution in [0.3, 0.4) is 0 Å². The topological polar surface area (TPSA) is 33.2 Å². The maximum Gasteiger partial charge on any atom is 0.166 e. The highest BCUT2D eigenvalue weighted by atomic mass is 79.9. The molecule has 0 N–H and O–H groups in total. The Morgan fingerprint density at radius 3 is 3.06 bits per heavy atom. The fourth-order valence-corrected chi connectivity index (χ4v) is 2.44. The molecule has 17 heavy (non-hydrogen) atoms. The average Bonchev–Trinajstić information content (AvgIpc) is 2.29. The van der Waals surface area contributed by atoms with Gasteiger partial charge in [-0.15, -0.1) is 0 Å². The predicted molar refractivity (Wildman–Crippen MR) is 67.5 cm³/mol. The van der Waals surface area contributed by atoms with Gasteiger partial charge in [0.05, 0.1) is 0 Å².